The number of hydrogen-bond acceptors (Lipinski definition) is 6. The van der Waals surface area contributed by atoms with Gasteiger partial charge in [-0.3, -0.25) is 0 Å². The van der Waals surface area contributed by atoms with E-state index in [1.165, 1.54) is 7.11 Å². The van der Waals surface area contributed by atoms with Crippen molar-refractivity contribution < 1.29 is 23.7 Å². The number of benzene rings is 1. The molecule has 1 aromatic heterocycles. The fourth-order valence-corrected chi connectivity index (χ4v) is 2.71. The Hall–Kier alpha value is -2.54. The van der Waals surface area contributed by atoms with Crippen molar-refractivity contribution in [1.29, 1.82) is 0 Å². The zero-order valence-electron chi connectivity index (χ0n) is 11.9. The van der Waals surface area contributed by atoms with Gasteiger partial charge in [0.2, 0.25) is 6.79 Å². The number of fused-ring (bicyclic) bond motifs is 2. The number of rotatable bonds is 2. The number of imidazole rings is 1. The van der Waals surface area contributed by atoms with Crippen LogP contribution in [0.1, 0.15) is 27.8 Å². The number of aromatic nitrogens is 2. The second kappa shape index (κ2) is 5.03. The molecule has 22 heavy (non-hydrogen) atoms. The van der Waals surface area contributed by atoms with Crippen molar-refractivity contribution in [2.45, 2.75) is 19.3 Å². The van der Waals surface area contributed by atoms with Gasteiger partial charge in [-0.25, -0.2) is 9.78 Å². The highest BCUT2D eigenvalue weighted by Crippen LogP contribution is 2.36. The van der Waals surface area contributed by atoms with Crippen LogP contribution in [-0.4, -0.2) is 29.4 Å². The largest absolute Gasteiger partial charge is 0.464 e. The van der Waals surface area contributed by atoms with Crippen LogP contribution in [0.15, 0.2) is 24.5 Å². The topological polar surface area (TPSA) is 71.8 Å². The third-order valence-corrected chi connectivity index (χ3v) is 3.88. The first-order chi connectivity index (χ1) is 10.8. The maximum atomic E-state index is 11.6. The Balaban J connectivity index is 1.60. The summed E-state index contributed by atoms with van der Waals surface area (Å²) in [5, 5.41) is 0. The molecular weight excluding hydrogens is 288 g/mol. The Morgan fingerprint density at radius 3 is 3.09 bits per heavy atom. The lowest BCUT2D eigenvalue weighted by atomic mass is 10.1. The van der Waals surface area contributed by atoms with Crippen LogP contribution < -0.4 is 9.47 Å². The number of ether oxygens (including phenoxy) is 4. The standard InChI is InChI=1S/C15H14N2O5/c1-19-15(18)14-10-6-20-13(5-17(10)7-16-14)9-2-3-11-12(4-9)22-8-21-11/h2-4,7,13H,5-6,8H2,1H3/t13-/m0/s1. The molecule has 7 heteroatoms. The molecule has 0 amide bonds. The Morgan fingerprint density at radius 2 is 2.23 bits per heavy atom. The molecule has 0 saturated carbocycles. The molecule has 2 aromatic rings. The van der Waals surface area contributed by atoms with E-state index in [0.29, 0.717) is 18.8 Å². The van der Waals surface area contributed by atoms with Gasteiger partial charge in [-0.05, 0) is 17.7 Å². The number of methoxy groups -OCH3 is 1. The first-order valence-electron chi connectivity index (χ1n) is 6.89. The SMILES string of the molecule is COC(=O)c1ncn2c1CO[C@H](c1ccc3c(c1)OCO3)C2. The van der Waals surface area contributed by atoms with E-state index in [4.69, 9.17) is 18.9 Å². The monoisotopic (exact) mass is 302 g/mol. The van der Waals surface area contributed by atoms with Gasteiger partial charge in [0, 0.05) is 0 Å². The summed E-state index contributed by atoms with van der Waals surface area (Å²) < 4.78 is 23.2. The quantitative estimate of drug-likeness (QED) is 0.786. The normalized spacial score (nSPS) is 18.9. The first kappa shape index (κ1) is 13.1. The molecule has 0 saturated heterocycles. The number of carbonyl (C=O) groups excluding carboxylic acids is 1. The molecular formula is C15H14N2O5. The van der Waals surface area contributed by atoms with Gasteiger partial charge in [0.15, 0.2) is 17.2 Å². The second-order valence-corrected chi connectivity index (χ2v) is 5.10. The van der Waals surface area contributed by atoms with Gasteiger partial charge in [-0.2, -0.15) is 0 Å². The minimum absolute atomic E-state index is 0.123. The Morgan fingerprint density at radius 1 is 1.36 bits per heavy atom. The Bertz CT molecular complexity index is 740. The van der Waals surface area contributed by atoms with E-state index in [-0.39, 0.29) is 12.9 Å². The maximum absolute atomic E-state index is 11.6. The van der Waals surface area contributed by atoms with Crippen LogP contribution >= 0.6 is 0 Å². The number of carbonyl (C=O) groups is 1. The molecule has 0 N–H and O–H groups in total. The minimum atomic E-state index is -0.445. The molecule has 3 heterocycles. The number of esters is 1. The average molecular weight is 302 g/mol. The summed E-state index contributed by atoms with van der Waals surface area (Å²) in [7, 11) is 1.34. The third-order valence-electron chi connectivity index (χ3n) is 3.88. The highest BCUT2D eigenvalue weighted by molar-refractivity contribution is 5.88. The molecule has 4 rings (SSSR count). The van der Waals surface area contributed by atoms with Gasteiger partial charge < -0.3 is 23.5 Å². The van der Waals surface area contributed by atoms with Gasteiger partial charge in [0.05, 0.1) is 32.3 Å². The summed E-state index contributed by atoms with van der Waals surface area (Å²) in [6.45, 7) is 1.14. The number of nitrogens with zero attached hydrogens (tertiary/aromatic N) is 2. The van der Waals surface area contributed by atoms with Gasteiger partial charge in [-0.15, -0.1) is 0 Å². The first-order valence-corrected chi connectivity index (χ1v) is 6.89. The molecule has 1 aromatic carbocycles. The van der Waals surface area contributed by atoms with Crippen LogP contribution in [-0.2, 0) is 22.6 Å². The molecule has 0 unspecified atom stereocenters. The molecule has 1 atom stereocenters. The summed E-state index contributed by atoms with van der Waals surface area (Å²) in [6, 6.07) is 5.77. The van der Waals surface area contributed by atoms with E-state index in [2.05, 4.69) is 4.98 Å². The summed E-state index contributed by atoms with van der Waals surface area (Å²) in [6.07, 6.45) is 1.52. The molecule has 0 bridgehead atoms. The average Bonchev–Trinajstić information content (AvgIpc) is 3.19. The van der Waals surface area contributed by atoms with Crippen LogP contribution in [0.5, 0.6) is 11.5 Å². The highest BCUT2D eigenvalue weighted by atomic mass is 16.7. The highest BCUT2D eigenvalue weighted by Gasteiger charge is 2.27. The van der Waals surface area contributed by atoms with E-state index in [1.54, 1.807) is 6.33 Å². The summed E-state index contributed by atoms with van der Waals surface area (Å²) >= 11 is 0. The lowest BCUT2D eigenvalue weighted by Crippen LogP contribution is -2.22. The van der Waals surface area contributed by atoms with Gasteiger partial charge >= 0.3 is 5.97 Å². The van der Waals surface area contributed by atoms with Crippen molar-refractivity contribution >= 4 is 5.97 Å². The lowest BCUT2D eigenvalue weighted by Gasteiger charge is -2.25. The van der Waals surface area contributed by atoms with Crippen molar-refractivity contribution in [2.75, 3.05) is 13.9 Å². The molecule has 0 spiro atoms. The van der Waals surface area contributed by atoms with Gasteiger partial charge in [0.25, 0.3) is 0 Å². The molecule has 114 valence electrons. The van der Waals surface area contributed by atoms with E-state index >= 15 is 0 Å². The predicted octanol–water partition coefficient (Wildman–Crippen LogP) is 1.67. The predicted molar refractivity (Wildman–Crippen MR) is 73.7 cm³/mol. The van der Waals surface area contributed by atoms with Crippen LogP contribution in [0.4, 0.5) is 0 Å². The zero-order valence-corrected chi connectivity index (χ0v) is 11.9. The van der Waals surface area contributed by atoms with E-state index < -0.39 is 5.97 Å². The Kier molecular flexibility index (Phi) is 3.00. The van der Waals surface area contributed by atoms with E-state index in [9.17, 15) is 4.79 Å². The minimum Gasteiger partial charge on any atom is -0.464 e. The zero-order chi connectivity index (χ0) is 15.1. The maximum Gasteiger partial charge on any atom is 0.358 e. The molecule has 7 nitrogen and oxygen atoms in total. The fraction of sp³-hybridized carbons (Fsp3) is 0.333. The van der Waals surface area contributed by atoms with Crippen molar-refractivity contribution in [2.24, 2.45) is 0 Å². The molecule has 0 radical (unpaired) electrons. The molecule has 0 fully saturated rings. The number of hydrogen-bond donors (Lipinski definition) is 0. The van der Waals surface area contributed by atoms with Crippen LogP contribution in [0.25, 0.3) is 0 Å². The fourth-order valence-electron chi connectivity index (χ4n) is 2.71. The van der Waals surface area contributed by atoms with Gasteiger partial charge in [0.1, 0.15) is 6.10 Å². The third kappa shape index (κ3) is 2.01. The lowest BCUT2D eigenvalue weighted by molar-refractivity contribution is 0.00194. The van der Waals surface area contributed by atoms with E-state index in [0.717, 1.165) is 22.8 Å². The van der Waals surface area contributed by atoms with Crippen molar-refractivity contribution in [3.05, 3.63) is 41.5 Å². The van der Waals surface area contributed by atoms with Crippen LogP contribution in [0.3, 0.4) is 0 Å². The van der Waals surface area contributed by atoms with Crippen LogP contribution in [0, 0.1) is 0 Å². The van der Waals surface area contributed by atoms with Crippen LogP contribution in [0.2, 0.25) is 0 Å². The summed E-state index contributed by atoms with van der Waals surface area (Å²) in [5.74, 6) is 1.03. The Labute approximate surface area is 126 Å². The summed E-state index contributed by atoms with van der Waals surface area (Å²) in [5.41, 5.74) is 2.05. The smallest absolute Gasteiger partial charge is 0.358 e. The summed E-state index contributed by atoms with van der Waals surface area (Å²) in [4.78, 5) is 15.8. The molecule has 0 aliphatic carbocycles. The van der Waals surface area contributed by atoms with Gasteiger partial charge in [-0.1, -0.05) is 6.07 Å². The molecule has 2 aliphatic heterocycles. The van der Waals surface area contributed by atoms with Crippen molar-refractivity contribution in [3.63, 3.8) is 0 Å². The van der Waals surface area contributed by atoms with Crippen molar-refractivity contribution in [3.8, 4) is 11.5 Å². The van der Waals surface area contributed by atoms with Crippen molar-refractivity contribution in [1.82, 2.24) is 9.55 Å². The van der Waals surface area contributed by atoms with E-state index in [1.807, 2.05) is 22.8 Å². The molecule has 2 aliphatic rings. The second-order valence-electron chi connectivity index (χ2n) is 5.10.